The Morgan fingerprint density at radius 3 is 3.00 bits per heavy atom. The fourth-order valence-electron chi connectivity index (χ4n) is 1.87. The van der Waals surface area contributed by atoms with Crippen molar-refractivity contribution in [2.45, 2.75) is 17.6 Å². The monoisotopic (exact) mass is 295 g/mol. The van der Waals surface area contributed by atoms with Crippen LogP contribution >= 0.6 is 23.4 Å². The van der Waals surface area contributed by atoms with Gasteiger partial charge in [0.05, 0.1) is 0 Å². The first-order valence-corrected chi connectivity index (χ1v) is 7.70. The molecule has 0 atom stereocenters. The Morgan fingerprint density at radius 2 is 2.32 bits per heavy atom. The quantitative estimate of drug-likeness (QED) is 0.911. The van der Waals surface area contributed by atoms with Crippen LogP contribution in [0.15, 0.2) is 28.8 Å². The highest BCUT2D eigenvalue weighted by atomic mass is 35.5. The lowest BCUT2D eigenvalue weighted by Gasteiger charge is -2.10. The van der Waals surface area contributed by atoms with Crippen LogP contribution < -0.4 is 5.32 Å². The molecule has 1 aromatic heterocycles. The summed E-state index contributed by atoms with van der Waals surface area (Å²) in [5.41, 5.74) is 0.857. The maximum Gasteiger partial charge on any atom is 0.321 e. The van der Waals surface area contributed by atoms with Crippen molar-refractivity contribution in [3.8, 4) is 11.4 Å². The summed E-state index contributed by atoms with van der Waals surface area (Å²) in [4.78, 5) is 4.33. The first-order chi connectivity index (χ1) is 9.21. The molecule has 0 amide bonds. The van der Waals surface area contributed by atoms with Crippen LogP contribution in [0, 0.1) is 0 Å². The molecule has 1 aliphatic carbocycles. The molecule has 0 bridgehead atoms. The highest BCUT2D eigenvalue weighted by molar-refractivity contribution is 8.00. The van der Waals surface area contributed by atoms with E-state index in [0.717, 1.165) is 12.1 Å². The van der Waals surface area contributed by atoms with Crippen LogP contribution in [0.3, 0.4) is 0 Å². The minimum absolute atomic E-state index is 0.366. The van der Waals surface area contributed by atoms with Gasteiger partial charge in [0.2, 0.25) is 5.82 Å². The molecule has 1 aromatic carbocycles. The average Bonchev–Trinajstić information content (AvgIpc) is 3.05. The lowest BCUT2D eigenvalue weighted by atomic mass is 10.2. The minimum atomic E-state index is 0.366. The second kappa shape index (κ2) is 5.06. The highest BCUT2D eigenvalue weighted by Gasteiger charge is 2.41. The lowest BCUT2D eigenvalue weighted by Crippen LogP contribution is -2.17. The topological polar surface area (TPSA) is 51.0 Å². The van der Waals surface area contributed by atoms with Gasteiger partial charge in [0, 0.05) is 21.9 Å². The van der Waals surface area contributed by atoms with E-state index in [-0.39, 0.29) is 0 Å². The molecule has 0 saturated heterocycles. The zero-order chi connectivity index (χ0) is 13.3. The van der Waals surface area contributed by atoms with Crippen LogP contribution in [0.5, 0.6) is 0 Å². The number of aromatic nitrogens is 2. The van der Waals surface area contributed by atoms with Crippen molar-refractivity contribution in [2.24, 2.45) is 0 Å². The lowest BCUT2D eigenvalue weighted by molar-refractivity contribution is 0.432. The molecule has 0 radical (unpaired) electrons. The Labute approximate surface area is 120 Å². The maximum atomic E-state index is 5.95. The SMILES string of the molecule is CSC1(CNc2nc(-c3cccc(Cl)c3)no2)CC1. The van der Waals surface area contributed by atoms with Crippen LogP contribution in [-0.4, -0.2) is 27.7 Å². The van der Waals surface area contributed by atoms with Gasteiger partial charge < -0.3 is 9.84 Å². The minimum Gasteiger partial charge on any atom is -0.336 e. The van der Waals surface area contributed by atoms with Crippen LogP contribution in [-0.2, 0) is 0 Å². The third-order valence-corrected chi connectivity index (χ3v) is 4.97. The van der Waals surface area contributed by atoms with Crippen molar-refractivity contribution in [1.82, 2.24) is 10.1 Å². The van der Waals surface area contributed by atoms with E-state index in [9.17, 15) is 0 Å². The standard InChI is InChI=1S/C13H14ClN3OS/c1-19-13(5-6-13)8-15-12-16-11(17-18-12)9-3-2-4-10(14)7-9/h2-4,7H,5-6,8H2,1H3,(H,15,16,17). The van der Waals surface area contributed by atoms with Gasteiger partial charge in [-0.05, 0) is 31.2 Å². The molecule has 6 heteroatoms. The third kappa shape index (κ3) is 2.87. The summed E-state index contributed by atoms with van der Waals surface area (Å²) in [5, 5.41) is 7.83. The van der Waals surface area contributed by atoms with E-state index in [4.69, 9.17) is 16.1 Å². The van der Waals surface area contributed by atoms with Crippen LogP contribution in [0.25, 0.3) is 11.4 Å². The second-order valence-electron chi connectivity index (χ2n) is 4.67. The summed E-state index contributed by atoms with van der Waals surface area (Å²) in [6.07, 6.45) is 4.63. The second-order valence-corrected chi connectivity index (χ2v) is 6.38. The molecule has 2 aromatic rings. The largest absolute Gasteiger partial charge is 0.336 e. The van der Waals surface area contributed by atoms with Gasteiger partial charge in [-0.3, -0.25) is 0 Å². The van der Waals surface area contributed by atoms with Gasteiger partial charge in [-0.25, -0.2) is 0 Å². The van der Waals surface area contributed by atoms with Gasteiger partial charge in [0.1, 0.15) is 0 Å². The molecule has 1 heterocycles. The Morgan fingerprint density at radius 1 is 1.47 bits per heavy atom. The molecular formula is C13H14ClN3OS. The molecule has 100 valence electrons. The molecule has 4 nitrogen and oxygen atoms in total. The fraction of sp³-hybridized carbons (Fsp3) is 0.385. The van der Waals surface area contributed by atoms with E-state index >= 15 is 0 Å². The van der Waals surface area contributed by atoms with E-state index < -0.39 is 0 Å². The van der Waals surface area contributed by atoms with Crippen LogP contribution in [0.1, 0.15) is 12.8 Å². The third-order valence-electron chi connectivity index (χ3n) is 3.31. The van der Waals surface area contributed by atoms with Crippen LogP contribution in [0.2, 0.25) is 5.02 Å². The number of anilines is 1. The molecule has 1 N–H and O–H groups in total. The Balaban J connectivity index is 1.69. The molecule has 3 rings (SSSR count). The van der Waals surface area contributed by atoms with E-state index in [2.05, 4.69) is 21.7 Å². The van der Waals surface area contributed by atoms with E-state index in [1.54, 1.807) is 0 Å². The van der Waals surface area contributed by atoms with E-state index in [1.165, 1.54) is 12.8 Å². The summed E-state index contributed by atoms with van der Waals surface area (Å²) in [6.45, 7) is 0.866. The molecule has 1 saturated carbocycles. The van der Waals surface area contributed by atoms with Gasteiger partial charge in [0.15, 0.2) is 0 Å². The van der Waals surface area contributed by atoms with Crippen molar-refractivity contribution in [3.63, 3.8) is 0 Å². The molecule has 1 aliphatic rings. The normalized spacial score (nSPS) is 16.3. The molecular weight excluding hydrogens is 282 g/mol. The Kier molecular flexibility index (Phi) is 3.41. The summed E-state index contributed by atoms with van der Waals surface area (Å²) in [6, 6.07) is 7.88. The molecule has 0 aliphatic heterocycles. The summed E-state index contributed by atoms with van der Waals surface area (Å²) < 4.78 is 5.57. The molecule has 0 spiro atoms. The summed E-state index contributed by atoms with van der Waals surface area (Å²) in [5.74, 6) is 0.555. The number of benzene rings is 1. The van der Waals surface area contributed by atoms with Crippen molar-refractivity contribution >= 4 is 29.4 Å². The van der Waals surface area contributed by atoms with Gasteiger partial charge in [-0.2, -0.15) is 16.7 Å². The predicted octanol–water partition coefficient (Wildman–Crippen LogP) is 3.70. The van der Waals surface area contributed by atoms with Crippen molar-refractivity contribution in [3.05, 3.63) is 29.3 Å². The van der Waals surface area contributed by atoms with Crippen molar-refractivity contribution < 1.29 is 4.52 Å². The number of nitrogens with zero attached hydrogens (tertiary/aromatic N) is 2. The maximum absolute atomic E-state index is 5.95. The fourth-order valence-corrected chi connectivity index (χ4v) is 2.79. The smallest absolute Gasteiger partial charge is 0.321 e. The number of hydrogen-bond donors (Lipinski definition) is 1. The molecule has 19 heavy (non-hydrogen) atoms. The van der Waals surface area contributed by atoms with E-state index in [0.29, 0.717) is 21.6 Å². The van der Waals surface area contributed by atoms with Gasteiger partial charge >= 0.3 is 6.01 Å². The van der Waals surface area contributed by atoms with Gasteiger partial charge in [-0.1, -0.05) is 28.9 Å². The Hall–Kier alpha value is -1.20. The van der Waals surface area contributed by atoms with Crippen molar-refractivity contribution in [1.29, 1.82) is 0 Å². The number of thioether (sulfide) groups is 1. The summed E-state index contributed by atoms with van der Waals surface area (Å²) in [7, 11) is 0. The van der Waals surface area contributed by atoms with Gasteiger partial charge in [-0.15, -0.1) is 0 Å². The van der Waals surface area contributed by atoms with Crippen LogP contribution in [0.4, 0.5) is 6.01 Å². The van der Waals surface area contributed by atoms with Crippen molar-refractivity contribution in [2.75, 3.05) is 18.1 Å². The predicted molar refractivity (Wildman–Crippen MR) is 78.7 cm³/mol. The average molecular weight is 296 g/mol. The Bertz CT molecular complexity index is 583. The molecule has 0 unspecified atom stereocenters. The number of halogens is 1. The number of hydrogen-bond acceptors (Lipinski definition) is 5. The highest BCUT2D eigenvalue weighted by Crippen LogP contribution is 2.46. The zero-order valence-corrected chi connectivity index (χ0v) is 12.1. The number of nitrogens with one attached hydrogen (secondary N) is 1. The summed E-state index contributed by atoms with van der Waals surface area (Å²) >= 11 is 7.84. The van der Waals surface area contributed by atoms with E-state index in [1.807, 2.05) is 36.0 Å². The number of rotatable bonds is 5. The zero-order valence-electron chi connectivity index (χ0n) is 10.5. The first-order valence-electron chi connectivity index (χ1n) is 6.09. The van der Waals surface area contributed by atoms with Gasteiger partial charge in [0.25, 0.3) is 0 Å². The first kappa shape index (κ1) is 12.8. The molecule has 1 fully saturated rings.